The molecule has 0 bridgehead atoms. The van der Waals surface area contributed by atoms with Crippen molar-refractivity contribution in [3.63, 3.8) is 0 Å². The van der Waals surface area contributed by atoms with Crippen LogP contribution < -0.4 is 0 Å². The lowest BCUT2D eigenvalue weighted by Crippen LogP contribution is -2.22. The van der Waals surface area contributed by atoms with Crippen LogP contribution in [0, 0.1) is 11.7 Å². The summed E-state index contributed by atoms with van der Waals surface area (Å²) in [6, 6.07) is 2.39. The van der Waals surface area contributed by atoms with Gasteiger partial charge in [-0.15, -0.1) is 0 Å². The van der Waals surface area contributed by atoms with Crippen molar-refractivity contribution in [3.8, 4) is 0 Å². The Balaban J connectivity index is 2.92. The predicted octanol–water partition coefficient (Wildman–Crippen LogP) is 4.66. The predicted molar refractivity (Wildman–Crippen MR) is 72.7 cm³/mol. The minimum Gasteiger partial charge on any atom is -0.298 e. The second-order valence-electron chi connectivity index (χ2n) is 4.08. The van der Waals surface area contributed by atoms with E-state index in [-0.39, 0.29) is 26.6 Å². The first-order valence-corrected chi connectivity index (χ1v) is 6.81. The van der Waals surface area contributed by atoms with Crippen LogP contribution >= 0.6 is 39.1 Å². The minimum absolute atomic E-state index is 0.0708. The van der Waals surface area contributed by atoms with Gasteiger partial charge in [0.25, 0.3) is 0 Å². The Bertz CT molecular complexity index is 412. The normalized spacial score (nSPS) is 12.9. The molecule has 1 aromatic carbocycles. The van der Waals surface area contributed by atoms with E-state index in [2.05, 4.69) is 15.9 Å². The largest absolute Gasteiger partial charge is 0.298 e. The van der Waals surface area contributed by atoms with Gasteiger partial charge in [0.05, 0.1) is 4.83 Å². The summed E-state index contributed by atoms with van der Waals surface area (Å²) >= 11 is 15.1. The Morgan fingerprint density at radius 2 is 1.82 bits per heavy atom. The molecule has 1 atom stereocenters. The second-order valence-corrected chi connectivity index (χ2v) is 6.00. The van der Waals surface area contributed by atoms with E-state index in [9.17, 15) is 9.18 Å². The van der Waals surface area contributed by atoms with Gasteiger partial charge < -0.3 is 0 Å². The van der Waals surface area contributed by atoms with Crippen LogP contribution in [0.2, 0.25) is 10.0 Å². The molecule has 1 unspecified atom stereocenters. The first kappa shape index (κ1) is 14.9. The van der Waals surface area contributed by atoms with E-state index in [0.717, 1.165) is 0 Å². The van der Waals surface area contributed by atoms with Gasteiger partial charge in [-0.1, -0.05) is 53.0 Å². The number of ketones is 1. The monoisotopic (exact) mass is 340 g/mol. The van der Waals surface area contributed by atoms with E-state index in [4.69, 9.17) is 23.2 Å². The number of hydrogen-bond acceptors (Lipinski definition) is 1. The zero-order valence-electron chi connectivity index (χ0n) is 9.44. The summed E-state index contributed by atoms with van der Waals surface area (Å²) in [5.74, 6) is -0.483. The fourth-order valence-electron chi connectivity index (χ4n) is 1.41. The van der Waals surface area contributed by atoms with Crippen molar-refractivity contribution in [2.24, 2.45) is 5.92 Å². The molecule has 1 rings (SSSR count). The summed E-state index contributed by atoms with van der Waals surface area (Å²) in [5.41, 5.74) is 0.589. The molecule has 0 heterocycles. The van der Waals surface area contributed by atoms with E-state index >= 15 is 0 Å². The number of alkyl halides is 1. The first-order chi connectivity index (χ1) is 7.82. The van der Waals surface area contributed by atoms with E-state index in [1.807, 2.05) is 13.8 Å². The Hall–Kier alpha value is -0.120. The third-order valence-electron chi connectivity index (χ3n) is 2.37. The second kappa shape index (κ2) is 6.17. The fourth-order valence-corrected chi connectivity index (χ4v) is 2.88. The molecule has 0 saturated carbocycles. The highest BCUT2D eigenvalue weighted by atomic mass is 79.9. The number of carbonyl (C=O) groups is 1. The van der Waals surface area contributed by atoms with Gasteiger partial charge in [-0.05, 0) is 24.1 Å². The minimum atomic E-state index is -0.481. The van der Waals surface area contributed by atoms with E-state index < -0.39 is 5.82 Å². The van der Waals surface area contributed by atoms with Crippen LogP contribution in [-0.2, 0) is 11.2 Å². The van der Waals surface area contributed by atoms with Crippen molar-refractivity contribution in [3.05, 3.63) is 33.6 Å². The van der Waals surface area contributed by atoms with Gasteiger partial charge in [-0.3, -0.25) is 4.79 Å². The number of benzene rings is 1. The Labute approximate surface area is 118 Å². The summed E-state index contributed by atoms with van der Waals surface area (Å²) in [4.78, 5) is 11.4. The third-order valence-corrected chi connectivity index (χ3v) is 3.82. The van der Waals surface area contributed by atoms with Crippen molar-refractivity contribution in [1.29, 1.82) is 0 Å². The van der Waals surface area contributed by atoms with Crippen LogP contribution in [0.1, 0.15) is 19.4 Å². The Morgan fingerprint density at radius 1 is 1.35 bits per heavy atom. The van der Waals surface area contributed by atoms with Gasteiger partial charge in [-0.25, -0.2) is 4.39 Å². The number of hydrogen-bond donors (Lipinski definition) is 0. The molecule has 1 aromatic rings. The molecule has 17 heavy (non-hydrogen) atoms. The van der Waals surface area contributed by atoms with Gasteiger partial charge in [-0.2, -0.15) is 0 Å². The number of rotatable bonds is 4. The zero-order valence-corrected chi connectivity index (χ0v) is 12.5. The van der Waals surface area contributed by atoms with Gasteiger partial charge in [0.2, 0.25) is 0 Å². The van der Waals surface area contributed by atoms with Crippen molar-refractivity contribution in [2.45, 2.75) is 25.1 Å². The van der Waals surface area contributed by atoms with Gasteiger partial charge in [0.15, 0.2) is 0 Å². The molecule has 0 spiro atoms. The third kappa shape index (κ3) is 3.94. The van der Waals surface area contributed by atoms with E-state index in [1.54, 1.807) is 0 Å². The topological polar surface area (TPSA) is 17.1 Å². The molecule has 0 N–H and O–H groups in total. The van der Waals surface area contributed by atoms with Crippen LogP contribution in [0.5, 0.6) is 0 Å². The smallest absolute Gasteiger partial charge is 0.149 e. The summed E-state index contributed by atoms with van der Waals surface area (Å²) in [5, 5.41) is 0.493. The Morgan fingerprint density at radius 3 is 2.24 bits per heavy atom. The van der Waals surface area contributed by atoms with Crippen LogP contribution in [0.15, 0.2) is 12.1 Å². The lowest BCUT2D eigenvalue weighted by Gasteiger charge is -2.13. The van der Waals surface area contributed by atoms with E-state index in [1.165, 1.54) is 12.1 Å². The molecule has 94 valence electrons. The van der Waals surface area contributed by atoms with Crippen molar-refractivity contribution in [2.75, 3.05) is 0 Å². The number of carbonyl (C=O) groups excluding carboxylic acids is 1. The van der Waals surface area contributed by atoms with Crippen LogP contribution in [0.25, 0.3) is 0 Å². The first-order valence-electron chi connectivity index (χ1n) is 5.14. The quantitative estimate of drug-likeness (QED) is 0.728. The van der Waals surface area contributed by atoms with Crippen molar-refractivity contribution < 1.29 is 9.18 Å². The molecule has 0 saturated heterocycles. The molecular weight excluding hydrogens is 330 g/mol. The highest BCUT2D eigenvalue weighted by Crippen LogP contribution is 2.29. The highest BCUT2D eigenvalue weighted by Gasteiger charge is 2.21. The number of halogens is 4. The summed E-state index contributed by atoms with van der Waals surface area (Å²) in [6.45, 7) is 3.65. The number of Topliss-reactive ketones (excluding diaryl/α,β-unsaturated/α-hetero) is 1. The lowest BCUT2D eigenvalue weighted by molar-refractivity contribution is -0.121. The summed E-state index contributed by atoms with van der Waals surface area (Å²) < 4.78 is 13.0. The fraction of sp³-hybridized carbons (Fsp3) is 0.417. The summed E-state index contributed by atoms with van der Waals surface area (Å²) in [6.07, 6.45) is 0.356. The maximum absolute atomic E-state index is 13.0. The molecular formula is C12H12BrCl2FO. The molecule has 0 aliphatic heterocycles. The SMILES string of the molecule is CC(C)C(=O)C(Br)Cc1c(Cl)cc(F)cc1Cl. The zero-order chi connectivity index (χ0) is 13.2. The standard InChI is InChI=1S/C12H12BrCl2FO/c1-6(2)12(17)9(13)5-8-10(14)3-7(16)4-11(8)15/h3-4,6,9H,5H2,1-2H3. The molecule has 0 radical (unpaired) electrons. The maximum atomic E-state index is 13.0. The van der Waals surface area contributed by atoms with Crippen LogP contribution in [0.3, 0.4) is 0 Å². The van der Waals surface area contributed by atoms with Gasteiger partial charge >= 0.3 is 0 Å². The molecule has 0 aromatic heterocycles. The molecule has 5 heteroatoms. The van der Waals surface area contributed by atoms with Gasteiger partial charge in [0.1, 0.15) is 11.6 Å². The average molecular weight is 342 g/mol. The average Bonchev–Trinajstić information content (AvgIpc) is 2.21. The van der Waals surface area contributed by atoms with Crippen LogP contribution in [0.4, 0.5) is 4.39 Å². The molecule has 0 aliphatic carbocycles. The molecule has 1 nitrogen and oxygen atoms in total. The molecule has 0 amide bonds. The van der Waals surface area contributed by atoms with Gasteiger partial charge in [0, 0.05) is 16.0 Å². The molecule has 0 aliphatic rings. The lowest BCUT2D eigenvalue weighted by atomic mass is 10.0. The van der Waals surface area contributed by atoms with Crippen molar-refractivity contribution >= 4 is 44.9 Å². The molecule has 0 fully saturated rings. The maximum Gasteiger partial charge on any atom is 0.149 e. The Kier molecular flexibility index (Phi) is 5.42. The van der Waals surface area contributed by atoms with Crippen LogP contribution in [-0.4, -0.2) is 10.6 Å². The van der Waals surface area contributed by atoms with E-state index in [0.29, 0.717) is 12.0 Å². The summed E-state index contributed by atoms with van der Waals surface area (Å²) in [7, 11) is 0. The highest BCUT2D eigenvalue weighted by molar-refractivity contribution is 9.10. The van der Waals surface area contributed by atoms with Crippen molar-refractivity contribution in [1.82, 2.24) is 0 Å².